The minimum absolute atomic E-state index is 0. The van der Waals surface area contributed by atoms with Crippen LogP contribution in [0.4, 0.5) is 0 Å². The van der Waals surface area contributed by atoms with Gasteiger partial charge in [-0.3, -0.25) is 14.7 Å². The zero-order valence-corrected chi connectivity index (χ0v) is 20.8. The number of amides is 1. The molecule has 1 N–H and O–H groups in total. The van der Waals surface area contributed by atoms with E-state index in [2.05, 4.69) is 46.1 Å². The number of nitrogens with zero attached hydrogens (tertiary/aromatic N) is 4. The Balaban J connectivity index is 0.00000320. The van der Waals surface area contributed by atoms with Gasteiger partial charge < -0.3 is 19.9 Å². The zero-order valence-electron chi connectivity index (χ0n) is 18.5. The summed E-state index contributed by atoms with van der Waals surface area (Å²) >= 11 is 0. The van der Waals surface area contributed by atoms with Crippen LogP contribution in [0.2, 0.25) is 0 Å². The molecule has 168 valence electrons. The third-order valence-electron chi connectivity index (χ3n) is 5.61. The van der Waals surface area contributed by atoms with Crippen LogP contribution in [0.5, 0.6) is 5.75 Å². The average molecular weight is 529 g/mol. The van der Waals surface area contributed by atoms with E-state index in [1.807, 2.05) is 24.1 Å². The molecule has 3 rings (SSSR count). The Kier molecular flexibility index (Phi) is 10.2. The van der Waals surface area contributed by atoms with E-state index in [0.717, 1.165) is 63.8 Å². The van der Waals surface area contributed by atoms with Crippen LogP contribution >= 0.6 is 24.0 Å². The van der Waals surface area contributed by atoms with E-state index in [1.54, 1.807) is 0 Å². The zero-order chi connectivity index (χ0) is 20.6. The predicted octanol–water partition coefficient (Wildman–Crippen LogP) is 2.20. The van der Waals surface area contributed by atoms with E-state index < -0.39 is 0 Å². The first-order valence-electron chi connectivity index (χ1n) is 10.7. The molecule has 1 unspecified atom stereocenters. The first-order chi connectivity index (χ1) is 14.0. The topological polar surface area (TPSA) is 60.4 Å². The summed E-state index contributed by atoms with van der Waals surface area (Å²) in [5, 5.41) is 3.43. The van der Waals surface area contributed by atoms with Crippen LogP contribution in [0.3, 0.4) is 0 Å². The number of aryl methyl sites for hydroxylation is 1. The normalized spacial score (nSPS) is 18.7. The van der Waals surface area contributed by atoms with Crippen LogP contribution in [0, 0.1) is 6.92 Å². The molecule has 1 aromatic carbocycles. The molecule has 1 atom stereocenters. The molecular weight excluding hydrogens is 493 g/mol. The Bertz CT molecular complexity index is 683. The molecule has 0 spiro atoms. The van der Waals surface area contributed by atoms with Gasteiger partial charge in [-0.25, -0.2) is 0 Å². The van der Waals surface area contributed by atoms with E-state index in [9.17, 15) is 4.79 Å². The largest absolute Gasteiger partial charge is 0.489 e. The van der Waals surface area contributed by atoms with Crippen LogP contribution in [0.1, 0.15) is 25.3 Å². The van der Waals surface area contributed by atoms with Gasteiger partial charge in [-0.05, 0) is 38.8 Å². The van der Waals surface area contributed by atoms with Crippen molar-refractivity contribution in [3.8, 4) is 5.75 Å². The second kappa shape index (κ2) is 12.3. The number of benzene rings is 1. The highest BCUT2D eigenvalue weighted by Crippen LogP contribution is 2.13. The summed E-state index contributed by atoms with van der Waals surface area (Å²) in [5.41, 5.74) is 1.23. The van der Waals surface area contributed by atoms with Crippen LogP contribution in [-0.4, -0.2) is 92.1 Å². The molecule has 0 radical (unpaired) electrons. The highest BCUT2D eigenvalue weighted by molar-refractivity contribution is 14.0. The van der Waals surface area contributed by atoms with Gasteiger partial charge in [0, 0.05) is 46.3 Å². The molecule has 1 amide bonds. The molecule has 0 saturated carbocycles. The van der Waals surface area contributed by atoms with E-state index >= 15 is 0 Å². The summed E-state index contributed by atoms with van der Waals surface area (Å²) in [7, 11) is 1.82. The van der Waals surface area contributed by atoms with Gasteiger partial charge in [0.25, 0.3) is 0 Å². The molecular formula is C22H36IN5O2. The van der Waals surface area contributed by atoms with Crippen LogP contribution in [-0.2, 0) is 4.79 Å². The fourth-order valence-corrected chi connectivity index (χ4v) is 3.83. The predicted molar refractivity (Wildman–Crippen MR) is 132 cm³/mol. The van der Waals surface area contributed by atoms with Crippen molar-refractivity contribution in [1.29, 1.82) is 0 Å². The molecule has 2 saturated heterocycles. The lowest BCUT2D eigenvalue weighted by Crippen LogP contribution is -2.54. The smallest absolute Gasteiger partial charge is 0.236 e. The van der Waals surface area contributed by atoms with E-state index in [0.29, 0.717) is 13.1 Å². The quantitative estimate of drug-likeness (QED) is 0.348. The summed E-state index contributed by atoms with van der Waals surface area (Å²) in [6, 6.07) is 8.12. The number of aliphatic imine (C=N–C) groups is 1. The van der Waals surface area contributed by atoms with Gasteiger partial charge in [0.2, 0.25) is 5.91 Å². The Hall–Kier alpha value is -1.55. The number of hydrogen-bond donors (Lipinski definition) is 1. The molecule has 8 heteroatoms. The SMILES string of the molecule is CN=C(NCC(C)Oc1ccc(C)cc1)N1CCN(CC(=O)N2CCCC2)CC1.I. The Labute approximate surface area is 197 Å². The van der Waals surface area contributed by atoms with Crippen molar-refractivity contribution >= 4 is 35.8 Å². The molecule has 2 fully saturated rings. The molecule has 2 aliphatic heterocycles. The second-order valence-electron chi connectivity index (χ2n) is 8.02. The number of guanidine groups is 1. The number of carbonyl (C=O) groups is 1. The lowest BCUT2D eigenvalue weighted by atomic mass is 10.2. The molecule has 30 heavy (non-hydrogen) atoms. The van der Waals surface area contributed by atoms with Crippen LogP contribution in [0.25, 0.3) is 0 Å². The molecule has 7 nitrogen and oxygen atoms in total. The molecule has 0 bridgehead atoms. The summed E-state index contributed by atoms with van der Waals surface area (Å²) in [6.45, 7) is 10.7. The summed E-state index contributed by atoms with van der Waals surface area (Å²) < 4.78 is 5.97. The second-order valence-corrected chi connectivity index (χ2v) is 8.02. The summed E-state index contributed by atoms with van der Waals surface area (Å²) in [4.78, 5) is 23.3. The molecule has 0 aliphatic carbocycles. The number of carbonyl (C=O) groups excluding carboxylic acids is 1. The minimum Gasteiger partial charge on any atom is -0.489 e. The van der Waals surface area contributed by atoms with Crippen LogP contribution < -0.4 is 10.1 Å². The maximum Gasteiger partial charge on any atom is 0.236 e. The highest BCUT2D eigenvalue weighted by Gasteiger charge is 2.24. The van der Waals surface area contributed by atoms with Crippen molar-refractivity contribution in [1.82, 2.24) is 20.0 Å². The molecule has 1 aromatic rings. The van der Waals surface area contributed by atoms with Crippen molar-refractivity contribution in [2.75, 3.05) is 59.4 Å². The third kappa shape index (κ3) is 7.30. The number of rotatable bonds is 6. The molecule has 2 aliphatic rings. The summed E-state index contributed by atoms with van der Waals surface area (Å²) in [6.07, 6.45) is 2.33. The third-order valence-corrected chi connectivity index (χ3v) is 5.61. The Morgan fingerprint density at radius 1 is 1.07 bits per heavy atom. The van der Waals surface area contributed by atoms with Gasteiger partial charge >= 0.3 is 0 Å². The number of likely N-dealkylation sites (tertiary alicyclic amines) is 1. The van der Waals surface area contributed by atoms with Crippen molar-refractivity contribution in [2.24, 2.45) is 4.99 Å². The number of piperazine rings is 1. The number of ether oxygens (including phenoxy) is 1. The maximum atomic E-state index is 12.4. The van der Waals surface area contributed by atoms with E-state index in [4.69, 9.17) is 4.74 Å². The number of halogens is 1. The van der Waals surface area contributed by atoms with Crippen LogP contribution in [0.15, 0.2) is 29.3 Å². The van der Waals surface area contributed by atoms with Crippen molar-refractivity contribution in [3.05, 3.63) is 29.8 Å². The lowest BCUT2D eigenvalue weighted by molar-refractivity contribution is -0.131. The Morgan fingerprint density at radius 2 is 1.70 bits per heavy atom. The standard InChI is InChI=1S/C22H35N5O2.HI/c1-18-6-8-20(9-7-18)29-19(2)16-24-22(23-3)27-14-12-25(13-15-27)17-21(28)26-10-4-5-11-26;/h6-9,19H,4-5,10-17H2,1-3H3,(H,23,24);1H. The van der Waals surface area contributed by atoms with Crippen molar-refractivity contribution in [2.45, 2.75) is 32.8 Å². The van der Waals surface area contributed by atoms with Gasteiger partial charge in [-0.15, -0.1) is 24.0 Å². The van der Waals surface area contributed by atoms with E-state index in [-0.39, 0.29) is 36.0 Å². The first kappa shape index (κ1) is 24.7. The molecule has 0 aromatic heterocycles. The number of nitrogens with one attached hydrogen (secondary N) is 1. The fraction of sp³-hybridized carbons (Fsp3) is 0.636. The minimum atomic E-state index is 0. The number of hydrogen-bond acceptors (Lipinski definition) is 4. The highest BCUT2D eigenvalue weighted by atomic mass is 127. The maximum absolute atomic E-state index is 12.4. The summed E-state index contributed by atoms with van der Waals surface area (Å²) in [5.74, 6) is 2.06. The first-order valence-corrected chi connectivity index (χ1v) is 10.7. The average Bonchev–Trinajstić information content (AvgIpc) is 3.26. The van der Waals surface area contributed by atoms with Gasteiger partial charge in [-0.1, -0.05) is 17.7 Å². The van der Waals surface area contributed by atoms with Gasteiger partial charge in [0.1, 0.15) is 11.9 Å². The fourth-order valence-electron chi connectivity index (χ4n) is 3.83. The van der Waals surface area contributed by atoms with Gasteiger partial charge in [-0.2, -0.15) is 0 Å². The lowest BCUT2D eigenvalue weighted by Gasteiger charge is -2.36. The van der Waals surface area contributed by atoms with Crippen molar-refractivity contribution < 1.29 is 9.53 Å². The van der Waals surface area contributed by atoms with Crippen molar-refractivity contribution in [3.63, 3.8) is 0 Å². The van der Waals surface area contributed by atoms with Gasteiger partial charge in [0.15, 0.2) is 5.96 Å². The van der Waals surface area contributed by atoms with Gasteiger partial charge in [0.05, 0.1) is 13.1 Å². The Morgan fingerprint density at radius 3 is 2.30 bits per heavy atom. The monoisotopic (exact) mass is 529 g/mol. The molecule has 2 heterocycles. The van der Waals surface area contributed by atoms with E-state index in [1.165, 1.54) is 5.56 Å².